The number of benzene rings is 1. The summed E-state index contributed by atoms with van der Waals surface area (Å²) >= 11 is 5.04. The molecule has 1 aromatic carbocycles. The van der Waals surface area contributed by atoms with Gasteiger partial charge in [0.2, 0.25) is 5.91 Å². The normalized spacial score (nSPS) is 9.89. The fraction of sp³-hybridized carbons (Fsp3) is 0.429. The summed E-state index contributed by atoms with van der Waals surface area (Å²) < 4.78 is 0. The van der Waals surface area contributed by atoms with E-state index in [0.29, 0.717) is 11.5 Å². The highest BCUT2D eigenvalue weighted by Crippen LogP contribution is 2.11. The number of thiocarbonyl (C=S) groups is 1. The molecule has 0 saturated heterocycles. The summed E-state index contributed by atoms with van der Waals surface area (Å²) in [5.41, 5.74) is 2.22. The summed E-state index contributed by atoms with van der Waals surface area (Å²) in [6, 6.07) is 8.13. The third kappa shape index (κ3) is 5.27. The number of hydrogen-bond acceptors (Lipinski definition) is 2. The lowest BCUT2D eigenvalue weighted by Gasteiger charge is -2.09. The molecule has 0 atom stereocenters. The van der Waals surface area contributed by atoms with Gasteiger partial charge in [0.1, 0.15) is 0 Å². The lowest BCUT2D eigenvalue weighted by molar-refractivity contribution is -0.119. The van der Waals surface area contributed by atoms with Crippen LogP contribution in [0, 0.1) is 0 Å². The molecule has 0 aliphatic rings. The number of nitrogens with one attached hydrogen (secondary N) is 2. The molecule has 1 aromatic rings. The molecule has 2 N–H and O–H groups in total. The van der Waals surface area contributed by atoms with Gasteiger partial charge < -0.3 is 10.6 Å². The van der Waals surface area contributed by atoms with Crippen molar-refractivity contribution in [3.8, 4) is 0 Å². The Bertz CT molecular complexity index is 401. The van der Waals surface area contributed by atoms with E-state index in [1.54, 1.807) is 6.92 Å². The van der Waals surface area contributed by atoms with Crippen molar-refractivity contribution in [1.29, 1.82) is 0 Å². The van der Waals surface area contributed by atoms with Crippen LogP contribution >= 0.6 is 12.2 Å². The monoisotopic (exact) mass is 264 g/mol. The molecular weight excluding hydrogens is 244 g/mol. The van der Waals surface area contributed by atoms with E-state index in [1.807, 2.05) is 12.1 Å². The largest absolute Gasteiger partial charge is 0.332 e. The van der Waals surface area contributed by atoms with E-state index in [-0.39, 0.29) is 5.91 Å². The Morgan fingerprint density at radius 3 is 2.44 bits per heavy atom. The number of amides is 1. The van der Waals surface area contributed by atoms with Crippen LogP contribution < -0.4 is 10.6 Å². The zero-order chi connectivity index (χ0) is 13.4. The predicted molar refractivity (Wildman–Crippen MR) is 79.7 cm³/mol. The molecular formula is C14H20N2OS. The van der Waals surface area contributed by atoms with Crippen LogP contribution in [-0.2, 0) is 11.2 Å². The molecule has 18 heavy (non-hydrogen) atoms. The minimum Gasteiger partial charge on any atom is -0.332 e. The minimum absolute atomic E-state index is 0.0768. The second-order valence-electron chi connectivity index (χ2n) is 4.16. The van der Waals surface area contributed by atoms with Gasteiger partial charge in [0.25, 0.3) is 0 Å². The summed E-state index contributed by atoms with van der Waals surface area (Å²) in [6.07, 6.45) is 3.94. The Kier molecular flexibility index (Phi) is 6.36. The van der Waals surface area contributed by atoms with E-state index in [0.717, 1.165) is 12.1 Å². The average molecular weight is 264 g/mol. The van der Waals surface area contributed by atoms with Crippen LogP contribution in [0.5, 0.6) is 0 Å². The fourth-order valence-corrected chi connectivity index (χ4v) is 1.74. The second-order valence-corrected chi connectivity index (χ2v) is 4.56. The van der Waals surface area contributed by atoms with Gasteiger partial charge in [-0.3, -0.25) is 4.79 Å². The maximum absolute atomic E-state index is 11.1. The van der Waals surface area contributed by atoms with Crippen LogP contribution in [0.1, 0.15) is 38.7 Å². The molecule has 0 spiro atoms. The molecule has 98 valence electrons. The van der Waals surface area contributed by atoms with E-state index < -0.39 is 0 Å². The van der Waals surface area contributed by atoms with Crippen molar-refractivity contribution < 1.29 is 4.79 Å². The van der Waals surface area contributed by atoms with E-state index >= 15 is 0 Å². The highest BCUT2D eigenvalue weighted by atomic mass is 32.1. The van der Waals surface area contributed by atoms with Crippen molar-refractivity contribution in [2.24, 2.45) is 0 Å². The summed E-state index contributed by atoms with van der Waals surface area (Å²) in [5.74, 6) is -0.0768. The average Bonchev–Trinajstić information content (AvgIpc) is 2.37. The number of carbonyl (C=O) groups excluding carboxylic acids is 1. The van der Waals surface area contributed by atoms with Crippen molar-refractivity contribution in [1.82, 2.24) is 5.32 Å². The van der Waals surface area contributed by atoms with Gasteiger partial charge >= 0.3 is 0 Å². The minimum atomic E-state index is -0.0768. The first-order valence-electron chi connectivity index (χ1n) is 6.35. The first kappa shape index (κ1) is 14.6. The maximum atomic E-state index is 11.1. The van der Waals surface area contributed by atoms with Gasteiger partial charge in [0, 0.05) is 12.1 Å². The lowest BCUT2D eigenvalue weighted by Crippen LogP contribution is -2.33. The van der Waals surface area contributed by atoms with Gasteiger partial charge in [-0.25, -0.2) is 0 Å². The molecule has 0 aromatic heterocycles. The molecule has 1 rings (SSSR count). The van der Waals surface area contributed by atoms with Crippen LogP contribution in [-0.4, -0.2) is 11.0 Å². The SMILES string of the molecule is CCCCc1ccc(NC(=S)NC(=O)CC)cc1. The molecule has 0 radical (unpaired) electrons. The molecule has 0 saturated carbocycles. The molecule has 0 aliphatic heterocycles. The molecule has 3 nitrogen and oxygen atoms in total. The van der Waals surface area contributed by atoms with Crippen molar-refractivity contribution in [2.75, 3.05) is 5.32 Å². The standard InChI is InChI=1S/C14H20N2OS/c1-3-5-6-11-7-9-12(10-8-11)15-14(18)16-13(17)4-2/h7-10H,3-6H2,1-2H3,(H2,15,16,17,18). The van der Waals surface area contributed by atoms with E-state index in [4.69, 9.17) is 12.2 Å². The molecule has 0 fully saturated rings. The zero-order valence-corrected chi connectivity index (χ0v) is 11.8. The second kappa shape index (κ2) is 7.82. The first-order valence-corrected chi connectivity index (χ1v) is 6.76. The topological polar surface area (TPSA) is 41.1 Å². The fourth-order valence-electron chi connectivity index (χ4n) is 1.51. The van der Waals surface area contributed by atoms with Gasteiger partial charge in [-0.1, -0.05) is 32.4 Å². The van der Waals surface area contributed by atoms with Crippen molar-refractivity contribution in [2.45, 2.75) is 39.5 Å². The Hall–Kier alpha value is -1.42. The van der Waals surface area contributed by atoms with E-state index in [1.165, 1.54) is 18.4 Å². The quantitative estimate of drug-likeness (QED) is 0.802. The number of rotatable bonds is 5. The van der Waals surface area contributed by atoms with Gasteiger partial charge in [0.15, 0.2) is 5.11 Å². The van der Waals surface area contributed by atoms with Crippen molar-refractivity contribution >= 4 is 28.9 Å². The Morgan fingerprint density at radius 1 is 1.22 bits per heavy atom. The molecule has 0 aliphatic carbocycles. The Morgan fingerprint density at radius 2 is 1.89 bits per heavy atom. The van der Waals surface area contributed by atoms with Crippen LogP contribution in [0.2, 0.25) is 0 Å². The number of aryl methyl sites for hydroxylation is 1. The molecule has 0 heterocycles. The summed E-state index contributed by atoms with van der Waals surface area (Å²) in [6.45, 7) is 3.98. The van der Waals surface area contributed by atoms with Gasteiger partial charge in [-0.05, 0) is 42.8 Å². The van der Waals surface area contributed by atoms with E-state index in [9.17, 15) is 4.79 Å². The summed E-state index contributed by atoms with van der Waals surface area (Å²) in [4.78, 5) is 11.1. The van der Waals surface area contributed by atoms with Crippen molar-refractivity contribution in [3.63, 3.8) is 0 Å². The molecule has 0 bridgehead atoms. The smallest absolute Gasteiger partial charge is 0.225 e. The number of hydrogen-bond donors (Lipinski definition) is 2. The lowest BCUT2D eigenvalue weighted by atomic mass is 10.1. The van der Waals surface area contributed by atoms with Crippen LogP contribution in [0.15, 0.2) is 24.3 Å². The third-order valence-corrected chi connectivity index (χ3v) is 2.81. The number of carbonyl (C=O) groups is 1. The van der Waals surface area contributed by atoms with Gasteiger partial charge in [-0.15, -0.1) is 0 Å². The molecule has 0 unspecified atom stereocenters. The summed E-state index contributed by atoms with van der Waals surface area (Å²) in [7, 11) is 0. The Balaban J connectivity index is 2.47. The van der Waals surface area contributed by atoms with Gasteiger partial charge in [0.05, 0.1) is 0 Å². The highest BCUT2D eigenvalue weighted by molar-refractivity contribution is 7.80. The van der Waals surface area contributed by atoms with Crippen LogP contribution in [0.3, 0.4) is 0 Å². The van der Waals surface area contributed by atoms with Crippen LogP contribution in [0.25, 0.3) is 0 Å². The number of unbranched alkanes of at least 4 members (excludes halogenated alkanes) is 1. The number of anilines is 1. The maximum Gasteiger partial charge on any atom is 0.225 e. The van der Waals surface area contributed by atoms with Crippen molar-refractivity contribution in [3.05, 3.63) is 29.8 Å². The molecule has 4 heteroatoms. The van der Waals surface area contributed by atoms with Gasteiger partial charge in [-0.2, -0.15) is 0 Å². The Labute approximate surface area is 114 Å². The predicted octanol–water partition coefficient (Wildman–Crippen LogP) is 3.25. The zero-order valence-electron chi connectivity index (χ0n) is 11.0. The molecule has 1 amide bonds. The highest BCUT2D eigenvalue weighted by Gasteiger charge is 2.02. The first-order chi connectivity index (χ1) is 8.65. The van der Waals surface area contributed by atoms with E-state index in [2.05, 4.69) is 29.7 Å². The van der Waals surface area contributed by atoms with Crippen LogP contribution in [0.4, 0.5) is 5.69 Å². The summed E-state index contributed by atoms with van der Waals surface area (Å²) in [5, 5.41) is 5.95. The third-order valence-electron chi connectivity index (χ3n) is 2.60.